The Balaban J connectivity index is 1.72. The van der Waals surface area contributed by atoms with E-state index in [4.69, 9.17) is 4.74 Å². The van der Waals surface area contributed by atoms with Crippen molar-refractivity contribution in [3.8, 4) is 5.75 Å². The third kappa shape index (κ3) is 4.24. The second kappa shape index (κ2) is 8.74. The number of piperazine rings is 1. The maximum atomic E-state index is 11.6. The summed E-state index contributed by atoms with van der Waals surface area (Å²) in [5.74, 6) is 0.749. The summed E-state index contributed by atoms with van der Waals surface area (Å²) in [6, 6.07) is 14.0. The number of carbonyl (C=O) groups is 1. The minimum atomic E-state index is -0.0673. The number of ether oxygens (including phenoxy) is 1. The van der Waals surface area contributed by atoms with E-state index in [9.17, 15) is 4.79 Å². The molecule has 5 nitrogen and oxygen atoms in total. The molecule has 0 radical (unpaired) electrons. The van der Waals surface area contributed by atoms with Crippen molar-refractivity contribution >= 4 is 6.29 Å². The summed E-state index contributed by atoms with van der Waals surface area (Å²) in [6.45, 7) is 3.57. The molecule has 0 bridgehead atoms. The molecule has 0 aliphatic carbocycles. The van der Waals surface area contributed by atoms with Crippen LogP contribution in [0.1, 0.15) is 29.6 Å². The van der Waals surface area contributed by atoms with Crippen LogP contribution in [0, 0.1) is 0 Å². The molecule has 1 N–H and O–H groups in total. The van der Waals surface area contributed by atoms with Crippen LogP contribution >= 0.6 is 0 Å². The van der Waals surface area contributed by atoms with Gasteiger partial charge in [-0.15, -0.1) is 0 Å². The fourth-order valence-corrected chi connectivity index (χ4v) is 3.43. The highest BCUT2D eigenvalue weighted by atomic mass is 16.5. The monoisotopic (exact) mass is 339 g/mol. The number of nitrogens with zero attached hydrogens (tertiary/aromatic N) is 2. The number of hydrogen-bond acceptors (Lipinski definition) is 5. The predicted molar refractivity (Wildman–Crippen MR) is 97.8 cm³/mol. The number of pyridine rings is 1. The summed E-state index contributed by atoms with van der Waals surface area (Å²) >= 11 is 0. The summed E-state index contributed by atoms with van der Waals surface area (Å²) in [6.07, 6.45) is 3.68. The van der Waals surface area contributed by atoms with Crippen LogP contribution in [0.2, 0.25) is 0 Å². The summed E-state index contributed by atoms with van der Waals surface area (Å²) < 4.78 is 5.49. The van der Waals surface area contributed by atoms with Crippen molar-refractivity contribution in [2.75, 3.05) is 33.3 Å². The van der Waals surface area contributed by atoms with Crippen LogP contribution in [0.15, 0.2) is 48.7 Å². The first-order chi connectivity index (χ1) is 12.3. The highest BCUT2D eigenvalue weighted by Gasteiger charge is 2.27. The summed E-state index contributed by atoms with van der Waals surface area (Å²) in [7, 11) is 1.68. The first kappa shape index (κ1) is 17.6. The van der Waals surface area contributed by atoms with Crippen molar-refractivity contribution in [3.05, 3.63) is 59.9 Å². The highest BCUT2D eigenvalue weighted by Crippen LogP contribution is 2.29. The molecular formula is C20H25N3O2. The number of hydrogen-bond donors (Lipinski definition) is 1. The van der Waals surface area contributed by atoms with Gasteiger partial charge in [0.25, 0.3) is 0 Å². The van der Waals surface area contributed by atoms with Crippen LogP contribution in [0.5, 0.6) is 5.75 Å². The molecule has 2 atom stereocenters. The Kier molecular flexibility index (Phi) is 6.14. The van der Waals surface area contributed by atoms with E-state index in [-0.39, 0.29) is 12.0 Å². The van der Waals surface area contributed by atoms with Crippen LogP contribution in [0.4, 0.5) is 0 Å². The molecule has 0 amide bonds. The molecule has 1 fully saturated rings. The smallest absolute Gasteiger partial charge is 0.142 e. The lowest BCUT2D eigenvalue weighted by Crippen LogP contribution is -2.46. The Morgan fingerprint density at radius 1 is 1.32 bits per heavy atom. The van der Waals surface area contributed by atoms with Gasteiger partial charge >= 0.3 is 0 Å². The fourth-order valence-electron chi connectivity index (χ4n) is 3.43. The quantitative estimate of drug-likeness (QED) is 0.785. The largest absolute Gasteiger partial charge is 0.495 e. The zero-order valence-corrected chi connectivity index (χ0v) is 14.6. The minimum Gasteiger partial charge on any atom is -0.495 e. The van der Waals surface area contributed by atoms with Gasteiger partial charge in [-0.2, -0.15) is 0 Å². The average molecular weight is 339 g/mol. The van der Waals surface area contributed by atoms with E-state index in [2.05, 4.69) is 15.2 Å². The van der Waals surface area contributed by atoms with Crippen molar-refractivity contribution < 1.29 is 9.53 Å². The van der Waals surface area contributed by atoms with Gasteiger partial charge in [0.1, 0.15) is 17.7 Å². The summed E-state index contributed by atoms with van der Waals surface area (Å²) in [4.78, 5) is 18.5. The Morgan fingerprint density at radius 3 is 2.92 bits per heavy atom. The number of carbonyl (C=O) groups excluding carboxylic acids is 1. The van der Waals surface area contributed by atoms with Gasteiger partial charge in [-0.1, -0.05) is 30.3 Å². The molecule has 0 saturated carbocycles. The number of aromatic nitrogens is 1. The molecule has 1 aliphatic rings. The molecule has 2 aromatic rings. The number of benzene rings is 1. The fraction of sp³-hybridized carbons (Fsp3) is 0.400. The zero-order chi connectivity index (χ0) is 17.5. The highest BCUT2D eigenvalue weighted by molar-refractivity contribution is 5.62. The molecule has 0 spiro atoms. The number of nitrogens with one attached hydrogen (secondary N) is 1. The van der Waals surface area contributed by atoms with Crippen molar-refractivity contribution in [3.63, 3.8) is 0 Å². The van der Waals surface area contributed by atoms with Gasteiger partial charge < -0.3 is 14.8 Å². The third-order valence-corrected chi connectivity index (χ3v) is 4.81. The van der Waals surface area contributed by atoms with E-state index in [1.807, 2.05) is 48.7 Å². The second-order valence-corrected chi connectivity index (χ2v) is 6.29. The number of methoxy groups -OCH3 is 1. The lowest BCUT2D eigenvalue weighted by Gasteiger charge is -2.36. The first-order valence-electron chi connectivity index (χ1n) is 8.77. The van der Waals surface area contributed by atoms with Gasteiger partial charge in [-0.05, 0) is 30.7 Å². The molecule has 2 heterocycles. The Labute approximate surface area is 149 Å². The zero-order valence-electron chi connectivity index (χ0n) is 14.6. The second-order valence-electron chi connectivity index (χ2n) is 6.29. The van der Waals surface area contributed by atoms with Crippen LogP contribution in [-0.4, -0.2) is 49.5 Å². The molecule has 1 aliphatic heterocycles. The average Bonchev–Trinajstić information content (AvgIpc) is 2.69. The SMILES string of the molecule is COc1cccnc1C1CNCCN1CCC(C=O)c1ccccc1. The normalized spacial score (nSPS) is 19.3. The van der Waals surface area contributed by atoms with E-state index < -0.39 is 0 Å². The van der Waals surface area contributed by atoms with E-state index in [1.54, 1.807) is 7.11 Å². The van der Waals surface area contributed by atoms with Gasteiger partial charge in [-0.25, -0.2) is 0 Å². The summed E-state index contributed by atoms with van der Waals surface area (Å²) in [5, 5.41) is 3.44. The molecule has 3 rings (SSSR count). The minimum absolute atomic E-state index is 0.0673. The van der Waals surface area contributed by atoms with E-state index in [0.717, 1.165) is 55.9 Å². The van der Waals surface area contributed by atoms with Crippen molar-refractivity contribution in [1.82, 2.24) is 15.2 Å². The van der Waals surface area contributed by atoms with Crippen molar-refractivity contribution in [2.24, 2.45) is 0 Å². The lowest BCUT2D eigenvalue weighted by molar-refractivity contribution is -0.109. The van der Waals surface area contributed by atoms with Crippen LogP contribution in [0.25, 0.3) is 0 Å². The van der Waals surface area contributed by atoms with Gasteiger partial charge in [0.05, 0.1) is 13.2 Å². The molecule has 1 aromatic heterocycles. The first-order valence-corrected chi connectivity index (χ1v) is 8.77. The number of rotatable bonds is 7. The lowest BCUT2D eigenvalue weighted by atomic mass is 9.96. The predicted octanol–water partition coefficient (Wildman–Crippen LogP) is 2.41. The van der Waals surface area contributed by atoms with E-state index >= 15 is 0 Å². The van der Waals surface area contributed by atoms with Crippen LogP contribution in [-0.2, 0) is 4.79 Å². The molecule has 1 saturated heterocycles. The molecule has 1 aromatic carbocycles. The van der Waals surface area contributed by atoms with E-state index in [1.165, 1.54) is 0 Å². The standard InChI is InChI=1S/C20H25N3O2/c1-25-19-8-5-10-22-20(19)18-14-21-11-13-23(18)12-9-17(15-24)16-6-3-2-4-7-16/h2-8,10,15,17-18,21H,9,11-14H2,1H3. The van der Waals surface area contributed by atoms with Gasteiger partial charge in [0.2, 0.25) is 0 Å². The molecule has 25 heavy (non-hydrogen) atoms. The molecule has 5 heteroatoms. The Bertz CT molecular complexity index is 678. The number of aldehydes is 1. The molecule has 2 unspecified atom stereocenters. The molecular weight excluding hydrogens is 314 g/mol. The Hall–Kier alpha value is -2.24. The topological polar surface area (TPSA) is 54.5 Å². The summed E-state index contributed by atoms with van der Waals surface area (Å²) in [5.41, 5.74) is 2.04. The van der Waals surface area contributed by atoms with Crippen molar-refractivity contribution in [2.45, 2.75) is 18.4 Å². The van der Waals surface area contributed by atoms with Crippen LogP contribution in [0.3, 0.4) is 0 Å². The maximum absolute atomic E-state index is 11.6. The third-order valence-electron chi connectivity index (χ3n) is 4.81. The van der Waals surface area contributed by atoms with Gasteiger partial charge in [0.15, 0.2) is 0 Å². The Morgan fingerprint density at radius 2 is 2.16 bits per heavy atom. The molecule has 132 valence electrons. The van der Waals surface area contributed by atoms with Crippen molar-refractivity contribution in [1.29, 1.82) is 0 Å². The van der Waals surface area contributed by atoms with E-state index in [0.29, 0.717) is 0 Å². The van der Waals surface area contributed by atoms with Crippen LogP contribution < -0.4 is 10.1 Å². The van der Waals surface area contributed by atoms with Gasteiger partial charge in [0, 0.05) is 31.7 Å². The van der Waals surface area contributed by atoms with Gasteiger partial charge in [-0.3, -0.25) is 9.88 Å². The maximum Gasteiger partial charge on any atom is 0.142 e.